The number of halogens is 6. The Balaban J connectivity index is 1.61. The fourth-order valence-corrected chi connectivity index (χ4v) is 7.72. The van der Waals surface area contributed by atoms with Crippen molar-refractivity contribution in [2.45, 2.75) is 45.4 Å². The molecule has 1 spiro atoms. The largest absolute Gasteiger partial charge is 0.432 e. The Labute approximate surface area is 243 Å². The minimum absolute atomic E-state index is 0.0223. The number of rotatable bonds is 5. The van der Waals surface area contributed by atoms with E-state index >= 15 is 0 Å². The molecule has 0 saturated carbocycles. The van der Waals surface area contributed by atoms with Crippen molar-refractivity contribution >= 4 is 76.0 Å². The van der Waals surface area contributed by atoms with E-state index in [2.05, 4.69) is 10.1 Å². The van der Waals surface area contributed by atoms with E-state index in [1.807, 2.05) is 18.7 Å². The number of hydrogen-bond acceptors (Lipinski definition) is 5. The molecule has 3 aliphatic heterocycles. The van der Waals surface area contributed by atoms with Crippen molar-refractivity contribution in [2.75, 3.05) is 16.8 Å². The lowest BCUT2D eigenvalue weighted by molar-refractivity contribution is -0.129. The molecule has 5 rings (SSSR count). The zero-order valence-corrected chi connectivity index (χ0v) is 23.9. The van der Waals surface area contributed by atoms with Crippen LogP contribution in [0.3, 0.4) is 0 Å². The molecule has 0 radical (unpaired) electrons. The molecule has 2 fully saturated rings. The Kier molecular flexibility index (Phi) is 7.08. The predicted octanol–water partition coefficient (Wildman–Crippen LogP) is 6.61. The normalized spacial score (nSPS) is 27.0. The van der Waals surface area contributed by atoms with Gasteiger partial charge in [-0.1, -0.05) is 67.2 Å². The van der Waals surface area contributed by atoms with Gasteiger partial charge in [0.05, 0.1) is 32.4 Å². The summed E-state index contributed by atoms with van der Waals surface area (Å²) in [7, 11) is 0. The third-order valence-electron chi connectivity index (χ3n) is 7.97. The van der Waals surface area contributed by atoms with Crippen LogP contribution in [0.4, 0.5) is 20.2 Å². The summed E-state index contributed by atoms with van der Waals surface area (Å²) < 4.78 is 29.9. The third kappa shape index (κ3) is 4.28. The van der Waals surface area contributed by atoms with Crippen molar-refractivity contribution in [3.8, 4) is 5.75 Å². The van der Waals surface area contributed by atoms with Crippen LogP contribution in [-0.2, 0) is 19.9 Å². The molecule has 2 saturated heterocycles. The van der Waals surface area contributed by atoms with Crippen LogP contribution in [0.25, 0.3) is 0 Å². The van der Waals surface area contributed by atoms with E-state index in [-0.39, 0.29) is 32.1 Å². The molecule has 3 heterocycles. The summed E-state index contributed by atoms with van der Waals surface area (Å²) in [4.78, 5) is 43.2. The van der Waals surface area contributed by atoms with E-state index in [4.69, 9.17) is 46.4 Å². The monoisotopic (exact) mass is 619 g/mol. The highest BCUT2D eigenvalue weighted by molar-refractivity contribution is 6.38. The van der Waals surface area contributed by atoms with Crippen molar-refractivity contribution in [3.63, 3.8) is 0 Å². The molecule has 4 unspecified atom stereocenters. The van der Waals surface area contributed by atoms with Crippen LogP contribution in [0.1, 0.15) is 32.8 Å². The maximum absolute atomic E-state index is 14.2. The van der Waals surface area contributed by atoms with Crippen molar-refractivity contribution in [1.82, 2.24) is 4.90 Å². The van der Waals surface area contributed by atoms with Crippen LogP contribution < -0.4 is 15.0 Å². The molecule has 0 bridgehead atoms. The van der Waals surface area contributed by atoms with Crippen LogP contribution in [0.5, 0.6) is 5.75 Å². The average molecular weight is 621 g/mol. The molecule has 2 aromatic carbocycles. The molecule has 0 aromatic heterocycles. The summed E-state index contributed by atoms with van der Waals surface area (Å²) in [5.41, 5.74) is -0.524. The third-order valence-corrected chi connectivity index (χ3v) is 9.05. The molecular formula is C26H23Cl4F2N3O4. The van der Waals surface area contributed by atoms with E-state index in [1.54, 1.807) is 13.0 Å². The van der Waals surface area contributed by atoms with Gasteiger partial charge < -0.3 is 10.1 Å². The molecule has 208 valence electrons. The summed E-state index contributed by atoms with van der Waals surface area (Å²) in [6, 6.07) is 5.12. The van der Waals surface area contributed by atoms with Crippen LogP contribution in [0.2, 0.25) is 20.1 Å². The number of nitrogens with one attached hydrogen (secondary N) is 1. The Morgan fingerprint density at radius 1 is 1.15 bits per heavy atom. The summed E-state index contributed by atoms with van der Waals surface area (Å²) in [6.07, 6.45) is 0.887. The second-order valence-corrected chi connectivity index (χ2v) is 12.5. The number of imide groups is 1. The molecule has 3 amide bonds. The molecule has 2 aromatic rings. The minimum Gasteiger partial charge on any atom is -0.432 e. The van der Waals surface area contributed by atoms with Crippen molar-refractivity contribution in [1.29, 1.82) is 0 Å². The number of hydrogen-bond donors (Lipinski definition) is 1. The van der Waals surface area contributed by atoms with Gasteiger partial charge in [-0.05, 0) is 36.1 Å². The maximum atomic E-state index is 14.2. The van der Waals surface area contributed by atoms with Gasteiger partial charge in [-0.3, -0.25) is 24.2 Å². The van der Waals surface area contributed by atoms with Crippen molar-refractivity contribution < 1.29 is 27.9 Å². The second kappa shape index (κ2) is 9.73. The minimum atomic E-state index is -3.18. The standard InChI is InChI=1S/C26H23Cl4F2N3O4/c1-11-19(22(37)34(10-36)13-6-16(29)21(17(30)7-13)39-24(31)32)18-8-25(2,3)9-35(18)26(11)14-4-12(27)5-15(28)20(14)33-23(26)38/h4-7,10-11,18-19,24H,8-9H2,1-3H3,(H,33,38). The molecule has 1 N–H and O–H groups in total. The first kappa shape index (κ1) is 28.4. The smallest absolute Gasteiger partial charge is 0.387 e. The molecular weight excluding hydrogens is 598 g/mol. The van der Waals surface area contributed by atoms with Gasteiger partial charge in [0.1, 0.15) is 5.54 Å². The molecule has 3 aliphatic rings. The summed E-state index contributed by atoms with van der Waals surface area (Å²) in [6.45, 7) is 3.20. The van der Waals surface area contributed by atoms with Gasteiger partial charge >= 0.3 is 6.61 Å². The van der Waals surface area contributed by atoms with E-state index in [9.17, 15) is 23.2 Å². The SMILES string of the molecule is CC1C(C(=O)N(C=O)c2cc(Cl)c(OC(F)F)c(Cl)c2)C2CC(C)(C)CN2C12C(=O)Nc1c(Cl)cc(Cl)cc12. The zero-order chi connectivity index (χ0) is 28.6. The number of nitrogens with zero attached hydrogens (tertiary/aromatic N) is 2. The summed E-state index contributed by atoms with van der Waals surface area (Å²) in [5, 5.41) is 2.92. The zero-order valence-electron chi connectivity index (χ0n) is 20.9. The molecule has 39 heavy (non-hydrogen) atoms. The number of amides is 3. The molecule has 13 heteroatoms. The van der Waals surface area contributed by atoms with Crippen LogP contribution in [0.15, 0.2) is 24.3 Å². The van der Waals surface area contributed by atoms with Crippen LogP contribution >= 0.6 is 46.4 Å². The van der Waals surface area contributed by atoms with Gasteiger partial charge in [0.2, 0.25) is 18.2 Å². The number of ether oxygens (including phenoxy) is 1. The fourth-order valence-electron chi connectivity index (χ4n) is 6.62. The number of carbonyl (C=O) groups excluding carboxylic acids is 3. The van der Waals surface area contributed by atoms with Gasteiger partial charge in [-0.25, -0.2) is 0 Å². The second-order valence-electron chi connectivity index (χ2n) is 10.8. The van der Waals surface area contributed by atoms with E-state index in [0.29, 0.717) is 35.6 Å². The number of carbonyl (C=O) groups is 3. The predicted molar refractivity (Wildman–Crippen MR) is 145 cm³/mol. The first-order valence-corrected chi connectivity index (χ1v) is 13.5. The van der Waals surface area contributed by atoms with Gasteiger partial charge in [0, 0.05) is 29.1 Å². The molecule has 0 aliphatic carbocycles. The first-order valence-electron chi connectivity index (χ1n) is 12.0. The van der Waals surface area contributed by atoms with Crippen LogP contribution in [-0.4, -0.2) is 42.3 Å². The average Bonchev–Trinajstić information content (AvgIpc) is 3.37. The number of alkyl halides is 2. The highest BCUT2D eigenvalue weighted by Crippen LogP contribution is 2.61. The quantitative estimate of drug-likeness (QED) is 0.381. The topological polar surface area (TPSA) is 79.0 Å². The van der Waals surface area contributed by atoms with Gasteiger partial charge in [0.25, 0.3) is 0 Å². The van der Waals surface area contributed by atoms with Gasteiger partial charge in [-0.15, -0.1) is 0 Å². The number of benzene rings is 2. The number of anilines is 2. The Bertz CT molecular complexity index is 1380. The summed E-state index contributed by atoms with van der Waals surface area (Å²) >= 11 is 25.1. The number of fused-ring (bicyclic) bond motifs is 4. The van der Waals surface area contributed by atoms with Crippen LogP contribution in [0, 0.1) is 17.3 Å². The fraction of sp³-hybridized carbons (Fsp3) is 0.423. The van der Waals surface area contributed by atoms with Crippen molar-refractivity contribution in [2.24, 2.45) is 17.3 Å². The lowest BCUT2D eigenvalue weighted by atomic mass is 9.73. The first-order chi connectivity index (χ1) is 18.2. The lowest BCUT2D eigenvalue weighted by Crippen LogP contribution is -2.51. The highest BCUT2D eigenvalue weighted by atomic mass is 35.5. The Morgan fingerprint density at radius 3 is 2.38 bits per heavy atom. The van der Waals surface area contributed by atoms with Crippen molar-refractivity contribution in [3.05, 3.63) is 49.9 Å². The van der Waals surface area contributed by atoms with E-state index < -0.39 is 41.7 Å². The van der Waals surface area contributed by atoms with E-state index in [0.717, 1.165) is 17.0 Å². The van der Waals surface area contributed by atoms with E-state index in [1.165, 1.54) is 6.07 Å². The molecule has 7 nitrogen and oxygen atoms in total. The molecule has 4 atom stereocenters. The highest BCUT2D eigenvalue weighted by Gasteiger charge is 2.69. The maximum Gasteiger partial charge on any atom is 0.387 e. The Morgan fingerprint density at radius 2 is 1.79 bits per heavy atom. The van der Waals surface area contributed by atoms with Gasteiger partial charge in [-0.2, -0.15) is 8.78 Å². The summed E-state index contributed by atoms with van der Waals surface area (Å²) in [5.74, 6) is -2.83. The Hall–Kier alpha value is -2.17. The lowest BCUT2D eigenvalue weighted by Gasteiger charge is -2.37. The van der Waals surface area contributed by atoms with Gasteiger partial charge in [0.15, 0.2) is 5.75 Å².